The highest BCUT2D eigenvalue weighted by molar-refractivity contribution is 8.16. The molecule has 2 saturated heterocycles. The lowest BCUT2D eigenvalue weighted by Crippen LogP contribution is -2.38. The molecule has 12 heteroatoms. The first-order chi connectivity index (χ1) is 13.6. The number of hydrogen-bond donors (Lipinski definition) is 1. The van der Waals surface area contributed by atoms with Gasteiger partial charge in [0.05, 0.1) is 48.9 Å². The molecule has 0 aliphatic carbocycles. The molecule has 1 aromatic carbocycles. The molecule has 0 aromatic heterocycles. The van der Waals surface area contributed by atoms with E-state index in [1.807, 2.05) is 0 Å². The van der Waals surface area contributed by atoms with Gasteiger partial charge in [-0.15, -0.1) is 0 Å². The first kappa shape index (κ1) is 21.7. The second kappa shape index (κ2) is 8.41. The molecule has 2 aliphatic heterocycles. The van der Waals surface area contributed by atoms with Gasteiger partial charge in [-0.1, -0.05) is 23.4 Å². The van der Waals surface area contributed by atoms with Crippen molar-refractivity contribution in [2.24, 2.45) is 4.99 Å². The van der Waals surface area contributed by atoms with E-state index in [1.54, 1.807) is 17.0 Å². The van der Waals surface area contributed by atoms with Crippen LogP contribution in [0.2, 0.25) is 5.02 Å². The van der Waals surface area contributed by atoms with Crippen LogP contribution in [-0.2, 0) is 19.4 Å². The van der Waals surface area contributed by atoms with Gasteiger partial charge < -0.3 is 19.5 Å². The summed E-state index contributed by atoms with van der Waals surface area (Å²) in [7, 11) is -0.332. The number of anilines is 1. The number of fused-ring (bicyclic) bond motifs is 1. The SMILES string of the molecule is COc1cc(OC)c(N2C(=NC(=O)CCC(=O)O)S[C@@H]3CS(=O)(=O)C[C@@H]32)cc1Cl. The summed E-state index contributed by atoms with van der Waals surface area (Å²) >= 11 is 7.45. The molecular formula is C17H19ClN2O7S2. The molecule has 2 fully saturated rings. The third-order valence-corrected chi connectivity index (χ3v) is 8.06. The Morgan fingerprint density at radius 2 is 1.93 bits per heavy atom. The number of carbonyl (C=O) groups excluding carboxylic acids is 1. The quantitative estimate of drug-likeness (QED) is 0.674. The average molecular weight is 463 g/mol. The van der Waals surface area contributed by atoms with E-state index in [2.05, 4.69) is 4.99 Å². The summed E-state index contributed by atoms with van der Waals surface area (Å²) in [5.74, 6) is -1.07. The number of benzene rings is 1. The molecule has 3 rings (SSSR count). The van der Waals surface area contributed by atoms with Crippen molar-refractivity contribution in [3.8, 4) is 11.5 Å². The van der Waals surface area contributed by atoms with Crippen molar-refractivity contribution in [1.82, 2.24) is 0 Å². The van der Waals surface area contributed by atoms with Gasteiger partial charge in [0.25, 0.3) is 0 Å². The zero-order valence-corrected chi connectivity index (χ0v) is 18.0. The summed E-state index contributed by atoms with van der Waals surface area (Å²) in [5, 5.41) is 9.04. The number of sulfone groups is 1. The zero-order chi connectivity index (χ0) is 21.3. The summed E-state index contributed by atoms with van der Waals surface area (Å²) in [4.78, 5) is 28.6. The first-order valence-electron chi connectivity index (χ1n) is 8.56. The van der Waals surface area contributed by atoms with Crippen molar-refractivity contribution in [2.75, 3.05) is 30.6 Å². The van der Waals surface area contributed by atoms with E-state index in [9.17, 15) is 18.0 Å². The fourth-order valence-corrected chi connectivity index (χ4v) is 7.41. The number of ether oxygens (including phenoxy) is 2. The number of thioether (sulfide) groups is 1. The Morgan fingerprint density at radius 1 is 1.24 bits per heavy atom. The van der Waals surface area contributed by atoms with E-state index in [-0.39, 0.29) is 34.6 Å². The van der Waals surface area contributed by atoms with Crippen molar-refractivity contribution in [2.45, 2.75) is 24.1 Å². The van der Waals surface area contributed by atoms with Crippen LogP contribution in [0.15, 0.2) is 17.1 Å². The van der Waals surface area contributed by atoms with Crippen LogP contribution in [0.25, 0.3) is 0 Å². The van der Waals surface area contributed by atoms with Crippen molar-refractivity contribution in [3.63, 3.8) is 0 Å². The van der Waals surface area contributed by atoms with E-state index in [0.717, 1.165) is 0 Å². The molecule has 158 valence electrons. The molecule has 0 spiro atoms. The van der Waals surface area contributed by atoms with E-state index >= 15 is 0 Å². The average Bonchev–Trinajstić information content (AvgIpc) is 3.10. The van der Waals surface area contributed by atoms with E-state index in [0.29, 0.717) is 22.4 Å². The van der Waals surface area contributed by atoms with Crippen LogP contribution in [0.5, 0.6) is 11.5 Å². The number of aliphatic carboxylic acids is 1. The molecular weight excluding hydrogens is 444 g/mol. The fraction of sp³-hybridized carbons (Fsp3) is 0.471. The number of amides is 1. The Bertz CT molecular complexity index is 980. The largest absolute Gasteiger partial charge is 0.495 e. The molecule has 29 heavy (non-hydrogen) atoms. The normalized spacial score (nSPS) is 23.8. The lowest BCUT2D eigenvalue weighted by Gasteiger charge is -2.26. The van der Waals surface area contributed by atoms with Crippen LogP contribution >= 0.6 is 23.4 Å². The van der Waals surface area contributed by atoms with Crippen LogP contribution in [0.1, 0.15) is 12.8 Å². The van der Waals surface area contributed by atoms with E-state index in [4.69, 9.17) is 26.2 Å². The van der Waals surface area contributed by atoms with E-state index in [1.165, 1.54) is 26.0 Å². The molecule has 2 atom stereocenters. The Balaban J connectivity index is 2.04. The van der Waals surface area contributed by atoms with Crippen molar-refractivity contribution < 1.29 is 32.6 Å². The predicted molar refractivity (Wildman–Crippen MR) is 110 cm³/mol. The van der Waals surface area contributed by atoms with Gasteiger partial charge >= 0.3 is 5.97 Å². The van der Waals surface area contributed by atoms with Gasteiger partial charge in [0.15, 0.2) is 15.0 Å². The maximum absolute atomic E-state index is 12.2. The smallest absolute Gasteiger partial charge is 0.303 e. The molecule has 0 radical (unpaired) electrons. The third kappa shape index (κ3) is 4.62. The van der Waals surface area contributed by atoms with Crippen LogP contribution in [0, 0.1) is 0 Å². The predicted octanol–water partition coefficient (Wildman–Crippen LogP) is 1.82. The molecule has 0 saturated carbocycles. The van der Waals surface area contributed by atoms with Gasteiger partial charge in [0.2, 0.25) is 5.91 Å². The number of carboxylic acids is 1. The number of hydrogen-bond acceptors (Lipinski definition) is 7. The number of nitrogens with zero attached hydrogens (tertiary/aromatic N) is 2. The molecule has 1 aromatic rings. The Kier molecular flexibility index (Phi) is 6.30. The highest BCUT2D eigenvalue weighted by Crippen LogP contribution is 2.46. The van der Waals surface area contributed by atoms with Crippen molar-refractivity contribution >= 4 is 55.9 Å². The van der Waals surface area contributed by atoms with Crippen LogP contribution in [0.3, 0.4) is 0 Å². The van der Waals surface area contributed by atoms with Gasteiger partial charge in [0, 0.05) is 17.7 Å². The second-order valence-corrected chi connectivity index (χ2v) is 10.3. The maximum atomic E-state index is 12.2. The number of halogens is 1. The van der Waals surface area contributed by atoms with Crippen LogP contribution < -0.4 is 14.4 Å². The van der Waals surface area contributed by atoms with Crippen LogP contribution in [0.4, 0.5) is 5.69 Å². The number of carboxylic acid groups (broad SMARTS) is 1. The summed E-state index contributed by atoms with van der Waals surface area (Å²) in [6, 6.07) is 2.70. The van der Waals surface area contributed by atoms with Gasteiger partial charge in [-0.05, 0) is 6.07 Å². The number of rotatable bonds is 6. The standard InChI is InChI=1S/C17H19ClN2O7S2/c1-26-12-6-13(27-2)10(5-9(12)18)20-11-7-29(24,25)8-14(11)28-17(20)19-15(21)3-4-16(22)23/h5-6,11,14H,3-4,7-8H2,1-2H3,(H,22,23)/t11-,14+/m0/s1. The highest BCUT2D eigenvalue weighted by atomic mass is 35.5. The van der Waals surface area contributed by atoms with Gasteiger partial charge in [0.1, 0.15) is 11.5 Å². The number of aliphatic imine (C=N–C) groups is 1. The molecule has 9 nitrogen and oxygen atoms in total. The Hall–Kier alpha value is -1.98. The van der Waals surface area contributed by atoms with Crippen molar-refractivity contribution in [1.29, 1.82) is 0 Å². The topological polar surface area (TPSA) is 123 Å². The third-order valence-electron chi connectivity index (χ3n) is 4.55. The van der Waals surface area contributed by atoms with Crippen molar-refractivity contribution in [3.05, 3.63) is 17.2 Å². The molecule has 2 heterocycles. The zero-order valence-electron chi connectivity index (χ0n) is 15.6. The lowest BCUT2D eigenvalue weighted by molar-refractivity contribution is -0.138. The molecule has 0 bridgehead atoms. The molecule has 2 aliphatic rings. The number of amidine groups is 1. The van der Waals surface area contributed by atoms with Gasteiger partial charge in [-0.2, -0.15) is 4.99 Å². The summed E-state index contributed by atoms with van der Waals surface area (Å²) in [5.41, 5.74) is 0.459. The minimum absolute atomic E-state index is 0.0344. The summed E-state index contributed by atoms with van der Waals surface area (Å²) in [6.07, 6.45) is -0.583. The fourth-order valence-electron chi connectivity index (χ4n) is 3.26. The summed E-state index contributed by atoms with van der Waals surface area (Å²) < 4.78 is 35.0. The maximum Gasteiger partial charge on any atom is 0.303 e. The Morgan fingerprint density at radius 3 is 2.55 bits per heavy atom. The number of methoxy groups -OCH3 is 2. The Labute approximate surface area is 176 Å². The van der Waals surface area contributed by atoms with E-state index < -0.39 is 27.8 Å². The lowest BCUT2D eigenvalue weighted by atomic mass is 10.2. The number of carbonyl (C=O) groups is 2. The highest BCUT2D eigenvalue weighted by Gasteiger charge is 2.50. The van der Waals surface area contributed by atoms with Crippen LogP contribution in [-0.4, -0.2) is 67.6 Å². The summed E-state index contributed by atoms with van der Waals surface area (Å²) in [6.45, 7) is 0. The minimum Gasteiger partial charge on any atom is -0.495 e. The molecule has 1 N–H and O–H groups in total. The van der Waals surface area contributed by atoms with Gasteiger partial charge in [-0.25, -0.2) is 8.42 Å². The first-order valence-corrected chi connectivity index (χ1v) is 11.6. The monoisotopic (exact) mass is 462 g/mol. The minimum atomic E-state index is -3.24. The molecule has 0 unspecified atom stereocenters. The second-order valence-electron chi connectivity index (χ2n) is 6.51. The van der Waals surface area contributed by atoms with Gasteiger partial charge in [-0.3, -0.25) is 9.59 Å². The molecule has 1 amide bonds.